The van der Waals surface area contributed by atoms with Gasteiger partial charge in [0.1, 0.15) is 0 Å². The lowest BCUT2D eigenvalue weighted by Crippen LogP contribution is -2.15. The van der Waals surface area contributed by atoms with Crippen LogP contribution in [0.3, 0.4) is 0 Å². The van der Waals surface area contributed by atoms with E-state index in [2.05, 4.69) is 10.5 Å². The lowest BCUT2D eigenvalue weighted by atomic mass is 10.5. The van der Waals surface area contributed by atoms with Crippen molar-refractivity contribution in [2.24, 2.45) is 5.10 Å². The van der Waals surface area contributed by atoms with E-state index in [4.69, 9.17) is 0 Å². The Hall–Kier alpha value is -0.580. The third-order valence-electron chi connectivity index (χ3n) is 0.967. The number of nitrogens with zero attached hydrogens (tertiary/aromatic N) is 1. The van der Waals surface area contributed by atoms with Crippen molar-refractivity contribution in [1.82, 2.24) is 5.43 Å². The summed E-state index contributed by atoms with van der Waals surface area (Å²) in [5.74, 6) is 0. The Bertz CT molecular complexity index is 218. The molecule has 0 aliphatic rings. The predicted octanol–water partition coefficient (Wildman–Crippen LogP) is -0.0261. The van der Waals surface area contributed by atoms with Crippen LogP contribution in [0.25, 0.3) is 0 Å². The fourth-order valence-electron chi connectivity index (χ4n) is 0.549. The summed E-state index contributed by atoms with van der Waals surface area (Å²) in [4.78, 5) is 0. The number of hydrazone groups is 1. The Kier molecular flexibility index (Phi) is 3.35. The van der Waals surface area contributed by atoms with Crippen LogP contribution in [0, 0.1) is 0 Å². The first-order chi connectivity index (χ1) is 4.52. The molecule has 0 aromatic rings. The summed E-state index contributed by atoms with van der Waals surface area (Å²) in [5.41, 5.74) is 2.43. The molecule has 0 atom stereocenters. The second-order valence-corrected chi connectivity index (χ2v) is 3.87. The highest BCUT2D eigenvalue weighted by atomic mass is 32.2. The van der Waals surface area contributed by atoms with E-state index < -0.39 is 9.84 Å². The number of hydrogen-bond acceptors (Lipinski definition) is 4. The quantitative estimate of drug-likeness (QED) is 0.354. The highest BCUT2D eigenvalue weighted by Crippen LogP contribution is 1.93. The molecule has 0 radical (unpaired) electrons. The average molecular weight is 164 g/mol. The molecule has 0 saturated carbocycles. The van der Waals surface area contributed by atoms with Crippen molar-refractivity contribution in [1.29, 1.82) is 0 Å². The maximum absolute atomic E-state index is 10.8. The molecule has 0 aliphatic carbocycles. The minimum Gasteiger partial charge on any atom is -0.312 e. The molecule has 0 aliphatic heterocycles. The SMILES string of the molecule is CCC(=NNC)S(C)(=O)=O. The molecule has 0 fully saturated rings. The molecule has 0 amide bonds. The smallest absolute Gasteiger partial charge is 0.190 e. The molecular weight excluding hydrogens is 152 g/mol. The van der Waals surface area contributed by atoms with Crippen LogP contribution in [0.4, 0.5) is 0 Å². The van der Waals surface area contributed by atoms with Gasteiger partial charge in [-0.15, -0.1) is 0 Å². The molecule has 5 heteroatoms. The fourth-order valence-corrected chi connectivity index (χ4v) is 1.33. The zero-order chi connectivity index (χ0) is 8.20. The first-order valence-corrected chi connectivity index (χ1v) is 4.84. The number of hydrogen-bond donors (Lipinski definition) is 1. The summed E-state index contributed by atoms with van der Waals surface area (Å²) in [6.45, 7) is 1.75. The molecule has 0 bridgehead atoms. The number of rotatable bonds is 2. The van der Waals surface area contributed by atoms with Crippen molar-refractivity contribution in [3.05, 3.63) is 0 Å². The van der Waals surface area contributed by atoms with Crippen molar-refractivity contribution >= 4 is 14.9 Å². The van der Waals surface area contributed by atoms with E-state index in [0.717, 1.165) is 6.26 Å². The van der Waals surface area contributed by atoms with Crippen molar-refractivity contribution < 1.29 is 8.42 Å². The van der Waals surface area contributed by atoms with Crippen molar-refractivity contribution in [2.45, 2.75) is 13.3 Å². The van der Waals surface area contributed by atoms with E-state index in [9.17, 15) is 8.42 Å². The van der Waals surface area contributed by atoms with Gasteiger partial charge in [0.2, 0.25) is 0 Å². The van der Waals surface area contributed by atoms with Gasteiger partial charge in [0, 0.05) is 13.3 Å². The highest BCUT2D eigenvalue weighted by Gasteiger charge is 2.09. The van der Waals surface area contributed by atoms with Gasteiger partial charge in [0.25, 0.3) is 0 Å². The summed E-state index contributed by atoms with van der Waals surface area (Å²) in [5, 5.41) is 3.78. The van der Waals surface area contributed by atoms with Crippen LogP contribution >= 0.6 is 0 Å². The monoisotopic (exact) mass is 164 g/mol. The largest absolute Gasteiger partial charge is 0.312 e. The van der Waals surface area contributed by atoms with Gasteiger partial charge in [-0.3, -0.25) is 0 Å². The van der Waals surface area contributed by atoms with Gasteiger partial charge in [0.05, 0.1) is 0 Å². The van der Waals surface area contributed by atoms with E-state index in [1.165, 1.54) is 0 Å². The van der Waals surface area contributed by atoms with E-state index in [0.29, 0.717) is 6.42 Å². The molecule has 10 heavy (non-hydrogen) atoms. The van der Waals surface area contributed by atoms with Gasteiger partial charge in [-0.1, -0.05) is 6.92 Å². The molecule has 0 spiro atoms. The van der Waals surface area contributed by atoms with Crippen LogP contribution in [0.5, 0.6) is 0 Å². The maximum Gasteiger partial charge on any atom is 0.190 e. The fraction of sp³-hybridized carbons (Fsp3) is 0.800. The standard InChI is InChI=1S/C5H12N2O2S/c1-4-5(7-6-2)10(3,8)9/h6H,4H2,1-3H3. The van der Waals surface area contributed by atoms with Gasteiger partial charge in [-0.2, -0.15) is 5.10 Å². The summed E-state index contributed by atoms with van der Waals surface area (Å²) >= 11 is 0. The second kappa shape index (κ2) is 3.55. The Morgan fingerprint density at radius 1 is 1.60 bits per heavy atom. The van der Waals surface area contributed by atoms with Crippen LogP contribution in [-0.2, 0) is 9.84 Å². The van der Waals surface area contributed by atoms with Crippen molar-refractivity contribution in [3.63, 3.8) is 0 Å². The van der Waals surface area contributed by atoms with Gasteiger partial charge in [-0.25, -0.2) is 8.42 Å². The summed E-state index contributed by atoms with van der Waals surface area (Å²) in [7, 11) is -1.52. The molecule has 0 aromatic heterocycles. The minimum atomic E-state index is -3.09. The first kappa shape index (κ1) is 9.42. The zero-order valence-corrected chi connectivity index (χ0v) is 7.20. The molecule has 60 valence electrons. The van der Waals surface area contributed by atoms with Crippen molar-refractivity contribution in [3.8, 4) is 0 Å². The van der Waals surface area contributed by atoms with Crippen LogP contribution < -0.4 is 5.43 Å². The van der Waals surface area contributed by atoms with E-state index in [1.54, 1.807) is 14.0 Å². The van der Waals surface area contributed by atoms with Crippen molar-refractivity contribution in [2.75, 3.05) is 13.3 Å². The maximum atomic E-state index is 10.8. The van der Waals surface area contributed by atoms with Crippen LogP contribution in [0.2, 0.25) is 0 Å². The van der Waals surface area contributed by atoms with E-state index in [1.807, 2.05) is 0 Å². The van der Waals surface area contributed by atoms with Gasteiger partial charge < -0.3 is 5.43 Å². The highest BCUT2D eigenvalue weighted by molar-refractivity contribution is 8.05. The second-order valence-electron chi connectivity index (χ2n) is 1.85. The van der Waals surface area contributed by atoms with E-state index in [-0.39, 0.29) is 5.04 Å². The van der Waals surface area contributed by atoms with Crippen LogP contribution in [-0.4, -0.2) is 26.8 Å². The van der Waals surface area contributed by atoms with Gasteiger partial charge in [-0.05, 0) is 6.42 Å². The normalized spacial score (nSPS) is 13.3. The summed E-state index contributed by atoms with van der Waals surface area (Å²) in [6, 6.07) is 0. The van der Waals surface area contributed by atoms with Crippen LogP contribution in [0.15, 0.2) is 5.10 Å². The predicted molar refractivity (Wildman–Crippen MR) is 41.6 cm³/mol. The van der Waals surface area contributed by atoms with Gasteiger partial charge >= 0.3 is 0 Å². The van der Waals surface area contributed by atoms with Gasteiger partial charge in [0.15, 0.2) is 14.9 Å². The summed E-state index contributed by atoms with van der Waals surface area (Å²) in [6.07, 6.45) is 1.58. The molecule has 0 saturated heterocycles. The first-order valence-electron chi connectivity index (χ1n) is 2.95. The molecule has 0 rings (SSSR count). The van der Waals surface area contributed by atoms with Crippen LogP contribution in [0.1, 0.15) is 13.3 Å². The molecule has 1 N–H and O–H groups in total. The Morgan fingerprint density at radius 2 is 2.10 bits per heavy atom. The molecule has 0 aromatic carbocycles. The summed E-state index contributed by atoms with van der Waals surface area (Å²) < 4.78 is 21.6. The lowest BCUT2D eigenvalue weighted by molar-refractivity contribution is 0.611. The third kappa shape index (κ3) is 2.82. The topological polar surface area (TPSA) is 58.5 Å². The Labute approximate surface area is 61.2 Å². The lowest BCUT2D eigenvalue weighted by Gasteiger charge is -1.97. The average Bonchev–Trinajstić information content (AvgIpc) is 1.80. The molecule has 0 heterocycles. The number of sulfone groups is 1. The molecule has 4 nitrogen and oxygen atoms in total. The Balaban J connectivity index is 4.54. The minimum absolute atomic E-state index is 0.190. The Morgan fingerprint density at radius 3 is 2.20 bits per heavy atom. The molecular formula is C5H12N2O2S. The van der Waals surface area contributed by atoms with E-state index >= 15 is 0 Å². The third-order valence-corrected chi connectivity index (χ3v) is 2.20. The zero-order valence-electron chi connectivity index (χ0n) is 6.38. The molecule has 0 unspecified atom stereocenters. The number of nitrogens with one attached hydrogen (secondary N) is 1.